The lowest BCUT2D eigenvalue weighted by Gasteiger charge is -2.43. The van der Waals surface area contributed by atoms with Crippen LogP contribution in [0, 0.1) is 5.92 Å². The van der Waals surface area contributed by atoms with Gasteiger partial charge in [0, 0.05) is 13.7 Å². The molecule has 2 rings (SSSR count). The highest BCUT2D eigenvalue weighted by molar-refractivity contribution is 5.99. The predicted molar refractivity (Wildman–Crippen MR) is 73.1 cm³/mol. The summed E-state index contributed by atoms with van der Waals surface area (Å²) in [6.07, 6.45) is 2.02. The number of hydrogen-bond donors (Lipinski definition) is 1. The molecule has 1 saturated heterocycles. The number of amides is 2. The highest BCUT2D eigenvalue weighted by Gasteiger charge is 2.54. The van der Waals surface area contributed by atoms with Gasteiger partial charge < -0.3 is 19.7 Å². The number of ether oxygens (including phenoxy) is 2. The van der Waals surface area contributed by atoms with Crippen LogP contribution < -0.4 is 5.32 Å². The highest BCUT2D eigenvalue weighted by atomic mass is 16.5. The number of hydrogen-bond acceptors (Lipinski definition) is 4. The number of piperazine rings is 1. The Hall–Kier alpha value is -1.14. The Morgan fingerprint density at radius 2 is 2.00 bits per heavy atom. The van der Waals surface area contributed by atoms with Crippen LogP contribution >= 0.6 is 0 Å². The van der Waals surface area contributed by atoms with E-state index in [9.17, 15) is 9.59 Å². The Bertz CT molecular complexity index is 383. The zero-order valence-electron chi connectivity index (χ0n) is 12.5. The van der Waals surface area contributed by atoms with E-state index in [1.54, 1.807) is 18.9 Å². The zero-order valence-corrected chi connectivity index (χ0v) is 12.5. The van der Waals surface area contributed by atoms with E-state index in [1.165, 1.54) is 0 Å². The summed E-state index contributed by atoms with van der Waals surface area (Å²) in [5, 5.41) is 2.90. The van der Waals surface area contributed by atoms with E-state index in [1.807, 2.05) is 6.92 Å². The van der Waals surface area contributed by atoms with Crippen LogP contribution in [0.15, 0.2) is 0 Å². The minimum absolute atomic E-state index is 0.0161. The molecule has 0 bridgehead atoms. The van der Waals surface area contributed by atoms with Crippen LogP contribution in [0.2, 0.25) is 0 Å². The first kappa shape index (κ1) is 15.3. The first-order valence-corrected chi connectivity index (χ1v) is 7.20. The van der Waals surface area contributed by atoms with Crippen molar-refractivity contribution in [1.29, 1.82) is 0 Å². The average molecular weight is 284 g/mol. The molecule has 0 radical (unpaired) electrons. The Morgan fingerprint density at radius 3 is 2.60 bits per heavy atom. The van der Waals surface area contributed by atoms with Gasteiger partial charge in [-0.05, 0) is 32.6 Å². The van der Waals surface area contributed by atoms with E-state index >= 15 is 0 Å². The third-order valence-electron chi connectivity index (χ3n) is 4.24. The lowest BCUT2D eigenvalue weighted by atomic mass is 9.90. The smallest absolute Gasteiger partial charge is 0.249 e. The van der Waals surface area contributed by atoms with Crippen molar-refractivity contribution in [3.8, 4) is 0 Å². The van der Waals surface area contributed by atoms with Crippen molar-refractivity contribution in [1.82, 2.24) is 10.2 Å². The third-order valence-corrected chi connectivity index (χ3v) is 4.24. The summed E-state index contributed by atoms with van der Waals surface area (Å²) < 4.78 is 10.3. The third kappa shape index (κ3) is 2.96. The minimum Gasteiger partial charge on any atom is -0.382 e. The van der Waals surface area contributed by atoms with Gasteiger partial charge in [-0.3, -0.25) is 9.59 Å². The Labute approximate surface area is 119 Å². The maximum absolute atomic E-state index is 12.6. The summed E-state index contributed by atoms with van der Waals surface area (Å²) in [5.74, 6) is 0.224. The molecule has 0 aromatic rings. The van der Waals surface area contributed by atoms with Crippen LogP contribution in [0.3, 0.4) is 0 Å². The average Bonchev–Trinajstić information content (AvgIpc) is 3.24. The topological polar surface area (TPSA) is 67.9 Å². The first-order valence-electron chi connectivity index (χ1n) is 7.20. The Kier molecular flexibility index (Phi) is 4.65. The predicted octanol–water partition coefficient (Wildman–Crippen LogP) is 0.165. The monoisotopic (exact) mass is 284 g/mol. The minimum atomic E-state index is -0.726. The molecule has 2 fully saturated rings. The largest absolute Gasteiger partial charge is 0.382 e. The van der Waals surface area contributed by atoms with E-state index < -0.39 is 11.6 Å². The van der Waals surface area contributed by atoms with Gasteiger partial charge in [-0.2, -0.15) is 0 Å². The maximum atomic E-state index is 12.6. The highest BCUT2D eigenvalue weighted by Crippen LogP contribution is 2.42. The molecular formula is C14H24N2O4. The molecule has 1 heterocycles. The van der Waals surface area contributed by atoms with Crippen LogP contribution in [-0.2, 0) is 19.1 Å². The van der Waals surface area contributed by atoms with Gasteiger partial charge in [0.2, 0.25) is 11.8 Å². The van der Waals surface area contributed by atoms with Crippen molar-refractivity contribution in [3.05, 3.63) is 0 Å². The van der Waals surface area contributed by atoms with Crippen molar-refractivity contribution >= 4 is 11.8 Å². The molecule has 2 unspecified atom stereocenters. The molecule has 20 heavy (non-hydrogen) atoms. The van der Waals surface area contributed by atoms with Crippen molar-refractivity contribution < 1.29 is 19.1 Å². The molecule has 2 amide bonds. The van der Waals surface area contributed by atoms with Gasteiger partial charge in [0.1, 0.15) is 11.6 Å². The van der Waals surface area contributed by atoms with Crippen LogP contribution in [-0.4, -0.2) is 61.8 Å². The van der Waals surface area contributed by atoms with Gasteiger partial charge >= 0.3 is 0 Å². The normalized spacial score (nSPS) is 30.6. The Morgan fingerprint density at radius 1 is 1.30 bits per heavy atom. The van der Waals surface area contributed by atoms with Gasteiger partial charge in [-0.15, -0.1) is 0 Å². The lowest BCUT2D eigenvalue weighted by Crippen LogP contribution is -2.69. The van der Waals surface area contributed by atoms with Gasteiger partial charge in [0.15, 0.2) is 0 Å². The molecule has 114 valence electrons. The fraction of sp³-hybridized carbons (Fsp3) is 0.857. The first-order chi connectivity index (χ1) is 9.50. The quantitative estimate of drug-likeness (QED) is 0.677. The van der Waals surface area contributed by atoms with Gasteiger partial charge in [-0.1, -0.05) is 0 Å². The molecule has 1 N–H and O–H groups in total. The van der Waals surface area contributed by atoms with Gasteiger partial charge in [0.25, 0.3) is 0 Å². The van der Waals surface area contributed by atoms with E-state index in [0.717, 1.165) is 12.8 Å². The van der Waals surface area contributed by atoms with E-state index in [0.29, 0.717) is 26.4 Å². The summed E-state index contributed by atoms with van der Waals surface area (Å²) in [4.78, 5) is 26.3. The number of carbonyl (C=O) groups excluding carboxylic acids is 2. The summed E-state index contributed by atoms with van der Waals surface area (Å²) >= 11 is 0. The Balaban J connectivity index is 1.94. The molecule has 2 aliphatic rings. The number of methoxy groups -OCH3 is 1. The van der Waals surface area contributed by atoms with Gasteiger partial charge in [-0.25, -0.2) is 0 Å². The molecule has 0 spiro atoms. The summed E-state index contributed by atoms with van der Waals surface area (Å²) in [5.41, 5.74) is -0.726. The van der Waals surface area contributed by atoms with Crippen LogP contribution in [0.1, 0.15) is 26.7 Å². The molecule has 1 aliphatic carbocycles. The van der Waals surface area contributed by atoms with Crippen molar-refractivity contribution in [2.45, 2.75) is 38.3 Å². The summed E-state index contributed by atoms with van der Waals surface area (Å²) in [7, 11) is 1.62. The number of carbonyl (C=O) groups is 2. The second-order valence-corrected chi connectivity index (χ2v) is 5.75. The number of rotatable bonds is 7. The number of nitrogens with one attached hydrogen (secondary N) is 1. The molecule has 1 saturated carbocycles. The van der Waals surface area contributed by atoms with Crippen LogP contribution in [0.4, 0.5) is 0 Å². The zero-order chi connectivity index (χ0) is 14.8. The van der Waals surface area contributed by atoms with E-state index in [2.05, 4.69) is 5.32 Å². The second kappa shape index (κ2) is 6.10. The van der Waals surface area contributed by atoms with Gasteiger partial charge in [0.05, 0.1) is 19.8 Å². The lowest BCUT2D eigenvalue weighted by molar-refractivity contribution is -0.155. The van der Waals surface area contributed by atoms with Crippen molar-refractivity contribution in [2.75, 3.05) is 33.5 Å². The molecule has 2 atom stereocenters. The van der Waals surface area contributed by atoms with Crippen LogP contribution in [0.25, 0.3) is 0 Å². The molecular weight excluding hydrogens is 260 g/mol. The molecule has 6 nitrogen and oxygen atoms in total. The van der Waals surface area contributed by atoms with Crippen molar-refractivity contribution in [2.24, 2.45) is 5.92 Å². The fourth-order valence-corrected chi connectivity index (χ4v) is 2.67. The van der Waals surface area contributed by atoms with Crippen molar-refractivity contribution in [3.63, 3.8) is 0 Å². The molecule has 6 heteroatoms. The van der Waals surface area contributed by atoms with Crippen LogP contribution in [0.5, 0.6) is 0 Å². The molecule has 0 aromatic carbocycles. The maximum Gasteiger partial charge on any atom is 0.249 e. The van der Waals surface area contributed by atoms with E-state index in [-0.39, 0.29) is 17.7 Å². The fourth-order valence-electron chi connectivity index (χ4n) is 2.67. The standard InChI is InChI=1S/C14H24N2O4/c1-10-12(17)15-14(2,11-4-5-11)13(18)16(10)6-7-20-9-8-19-3/h10-11H,4-9H2,1-3H3,(H,15,17). The summed E-state index contributed by atoms with van der Waals surface area (Å²) in [6, 6.07) is -0.430. The number of nitrogens with zero attached hydrogens (tertiary/aromatic N) is 1. The van der Waals surface area contributed by atoms with E-state index in [4.69, 9.17) is 9.47 Å². The molecule has 1 aliphatic heterocycles. The summed E-state index contributed by atoms with van der Waals surface area (Å²) in [6.45, 7) is 5.50. The molecule has 0 aromatic heterocycles. The SMILES string of the molecule is COCCOCCN1C(=O)C(C)(C2CC2)NC(=O)C1C. The second-order valence-electron chi connectivity index (χ2n) is 5.75.